The van der Waals surface area contributed by atoms with Crippen LogP contribution in [0.2, 0.25) is 0 Å². The van der Waals surface area contributed by atoms with E-state index in [1.165, 1.54) is 0 Å². The Bertz CT molecular complexity index is 407. The van der Waals surface area contributed by atoms with Crippen LogP contribution in [-0.4, -0.2) is 26.9 Å². The van der Waals surface area contributed by atoms with E-state index in [2.05, 4.69) is 0 Å². The first-order chi connectivity index (χ1) is 7.18. The molecule has 0 aromatic heterocycles. The van der Waals surface area contributed by atoms with E-state index in [1.54, 1.807) is 24.3 Å². The largest absolute Gasteiger partial charge is 0.378 e. The third-order valence-corrected chi connectivity index (χ3v) is 4.37. The molecule has 1 saturated heterocycles. The van der Waals surface area contributed by atoms with E-state index in [9.17, 15) is 8.42 Å². The zero-order chi connectivity index (χ0) is 10.7. The predicted molar refractivity (Wildman–Crippen MR) is 57.5 cm³/mol. The molecule has 1 aromatic carbocycles. The quantitative estimate of drug-likeness (QED) is 0.784. The van der Waals surface area contributed by atoms with Crippen LogP contribution >= 0.6 is 0 Å². The van der Waals surface area contributed by atoms with Gasteiger partial charge in [-0.25, -0.2) is 8.42 Å². The fraction of sp³-hybridized carbons (Fsp3) is 0.455. The van der Waals surface area contributed by atoms with Gasteiger partial charge in [0.15, 0.2) is 9.84 Å². The van der Waals surface area contributed by atoms with E-state index < -0.39 is 9.84 Å². The third-order valence-electron chi connectivity index (χ3n) is 2.60. The van der Waals surface area contributed by atoms with Crippen LogP contribution in [0.15, 0.2) is 35.2 Å². The van der Waals surface area contributed by atoms with Gasteiger partial charge in [0, 0.05) is 6.61 Å². The van der Waals surface area contributed by atoms with E-state index in [0.717, 1.165) is 13.0 Å². The first-order valence-corrected chi connectivity index (χ1v) is 6.73. The van der Waals surface area contributed by atoms with Crippen molar-refractivity contribution in [1.29, 1.82) is 0 Å². The van der Waals surface area contributed by atoms with Crippen molar-refractivity contribution < 1.29 is 13.2 Å². The van der Waals surface area contributed by atoms with Crippen molar-refractivity contribution in [1.82, 2.24) is 0 Å². The maximum Gasteiger partial charge on any atom is 0.178 e. The molecule has 1 aliphatic rings. The Morgan fingerprint density at radius 3 is 2.47 bits per heavy atom. The lowest BCUT2D eigenvalue weighted by molar-refractivity contribution is -0.0511. The summed E-state index contributed by atoms with van der Waals surface area (Å²) in [6.45, 7) is 0.774. The van der Waals surface area contributed by atoms with Gasteiger partial charge in [0.2, 0.25) is 0 Å². The van der Waals surface area contributed by atoms with E-state index in [4.69, 9.17) is 4.74 Å². The Labute approximate surface area is 90.0 Å². The summed E-state index contributed by atoms with van der Waals surface area (Å²) in [4.78, 5) is 0.407. The van der Waals surface area contributed by atoms with Crippen LogP contribution in [0, 0.1) is 0 Å². The van der Waals surface area contributed by atoms with Crippen LogP contribution in [0.1, 0.15) is 12.8 Å². The highest BCUT2D eigenvalue weighted by molar-refractivity contribution is 7.91. The second-order valence-corrected chi connectivity index (χ2v) is 5.81. The lowest BCUT2D eigenvalue weighted by atomic mass is 10.1. The Hall–Kier alpha value is -0.870. The molecule has 0 radical (unpaired) electrons. The second kappa shape index (κ2) is 4.33. The fourth-order valence-corrected chi connectivity index (χ4v) is 2.93. The first-order valence-electron chi connectivity index (χ1n) is 5.08. The molecular weight excluding hydrogens is 212 g/mol. The van der Waals surface area contributed by atoms with Crippen LogP contribution < -0.4 is 0 Å². The van der Waals surface area contributed by atoms with Gasteiger partial charge in [0.25, 0.3) is 0 Å². The minimum atomic E-state index is -3.11. The molecular formula is C11H14O3S. The van der Waals surface area contributed by atoms with Gasteiger partial charge >= 0.3 is 0 Å². The summed E-state index contributed by atoms with van der Waals surface area (Å²) in [5.41, 5.74) is 0. The molecule has 0 amide bonds. The average molecular weight is 226 g/mol. The van der Waals surface area contributed by atoms with E-state index >= 15 is 0 Å². The molecule has 0 N–H and O–H groups in total. The summed E-state index contributed by atoms with van der Waals surface area (Å²) < 4.78 is 28.8. The predicted octanol–water partition coefficient (Wildman–Crippen LogP) is 1.64. The molecule has 1 atom stereocenters. The molecule has 1 aromatic rings. The van der Waals surface area contributed by atoms with E-state index in [0.29, 0.717) is 11.3 Å². The molecule has 1 heterocycles. The molecule has 0 saturated carbocycles. The minimum absolute atomic E-state index is 0.156. The van der Waals surface area contributed by atoms with Crippen LogP contribution in [0.4, 0.5) is 0 Å². The molecule has 1 unspecified atom stereocenters. The number of benzene rings is 1. The standard InChI is InChI=1S/C11H14O3S/c12-15(13,9-7-10-6-8-14-10)11-4-2-1-3-5-11/h1-5,10H,6-9H2. The number of hydrogen-bond acceptors (Lipinski definition) is 3. The Kier molecular flexibility index (Phi) is 3.07. The van der Waals surface area contributed by atoms with Gasteiger partial charge in [0.1, 0.15) is 0 Å². The Morgan fingerprint density at radius 2 is 1.93 bits per heavy atom. The van der Waals surface area contributed by atoms with Crippen molar-refractivity contribution in [2.75, 3.05) is 12.4 Å². The summed E-state index contributed by atoms with van der Waals surface area (Å²) in [7, 11) is -3.11. The van der Waals surface area contributed by atoms with Gasteiger partial charge in [-0.15, -0.1) is 0 Å². The molecule has 0 spiro atoms. The molecule has 0 bridgehead atoms. The van der Waals surface area contributed by atoms with E-state index in [-0.39, 0.29) is 11.9 Å². The summed E-state index contributed by atoms with van der Waals surface area (Å²) in [6.07, 6.45) is 1.75. The molecule has 3 nitrogen and oxygen atoms in total. The third kappa shape index (κ3) is 2.58. The number of sulfone groups is 1. The maximum absolute atomic E-state index is 11.8. The van der Waals surface area contributed by atoms with Gasteiger partial charge < -0.3 is 4.74 Å². The van der Waals surface area contributed by atoms with Crippen molar-refractivity contribution in [3.05, 3.63) is 30.3 Å². The van der Waals surface area contributed by atoms with Gasteiger partial charge in [0.05, 0.1) is 16.8 Å². The van der Waals surface area contributed by atoms with Crippen molar-refractivity contribution >= 4 is 9.84 Å². The minimum Gasteiger partial charge on any atom is -0.378 e. The highest BCUT2D eigenvalue weighted by Crippen LogP contribution is 2.18. The normalized spacial score (nSPS) is 20.9. The average Bonchev–Trinajstić information content (AvgIpc) is 2.16. The summed E-state index contributed by atoms with van der Waals surface area (Å²) in [5.74, 6) is 0.182. The van der Waals surface area contributed by atoms with Gasteiger partial charge in [-0.1, -0.05) is 18.2 Å². The van der Waals surface area contributed by atoms with Crippen LogP contribution in [0.25, 0.3) is 0 Å². The molecule has 2 rings (SSSR count). The summed E-state index contributed by atoms with van der Waals surface area (Å²) >= 11 is 0. The second-order valence-electron chi connectivity index (χ2n) is 3.70. The van der Waals surface area contributed by atoms with Gasteiger partial charge in [-0.3, -0.25) is 0 Å². The molecule has 0 aliphatic carbocycles. The van der Waals surface area contributed by atoms with Crippen molar-refractivity contribution in [3.63, 3.8) is 0 Å². The topological polar surface area (TPSA) is 43.4 Å². The SMILES string of the molecule is O=S(=O)(CCC1CCO1)c1ccccc1. The lowest BCUT2D eigenvalue weighted by Crippen LogP contribution is -2.28. The monoisotopic (exact) mass is 226 g/mol. The highest BCUT2D eigenvalue weighted by Gasteiger charge is 2.22. The van der Waals surface area contributed by atoms with Crippen LogP contribution in [0.3, 0.4) is 0 Å². The van der Waals surface area contributed by atoms with E-state index in [1.807, 2.05) is 6.07 Å². The van der Waals surface area contributed by atoms with Crippen molar-refractivity contribution in [3.8, 4) is 0 Å². The molecule has 82 valence electrons. The Balaban J connectivity index is 2.00. The van der Waals surface area contributed by atoms with Crippen LogP contribution in [0.5, 0.6) is 0 Å². The zero-order valence-electron chi connectivity index (χ0n) is 8.43. The smallest absolute Gasteiger partial charge is 0.178 e. The molecule has 1 aliphatic heterocycles. The Morgan fingerprint density at radius 1 is 1.27 bits per heavy atom. The molecule has 4 heteroatoms. The van der Waals surface area contributed by atoms with Crippen molar-refractivity contribution in [2.45, 2.75) is 23.8 Å². The van der Waals surface area contributed by atoms with Crippen LogP contribution in [-0.2, 0) is 14.6 Å². The lowest BCUT2D eigenvalue weighted by Gasteiger charge is -2.26. The number of rotatable bonds is 4. The number of ether oxygens (including phenoxy) is 1. The number of hydrogen-bond donors (Lipinski definition) is 0. The van der Waals surface area contributed by atoms with Gasteiger partial charge in [-0.05, 0) is 25.0 Å². The summed E-state index contributed by atoms with van der Waals surface area (Å²) in [6, 6.07) is 8.57. The zero-order valence-corrected chi connectivity index (χ0v) is 9.24. The molecule has 15 heavy (non-hydrogen) atoms. The first kappa shape index (κ1) is 10.6. The summed E-state index contributed by atoms with van der Waals surface area (Å²) in [5, 5.41) is 0. The fourth-order valence-electron chi connectivity index (χ4n) is 1.54. The highest BCUT2D eigenvalue weighted by atomic mass is 32.2. The van der Waals surface area contributed by atoms with Crippen molar-refractivity contribution in [2.24, 2.45) is 0 Å². The van der Waals surface area contributed by atoms with Gasteiger partial charge in [-0.2, -0.15) is 0 Å². The molecule has 1 fully saturated rings. The maximum atomic E-state index is 11.8.